The third-order valence-electron chi connectivity index (χ3n) is 3.15. The van der Waals surface area contributed by atoms with Gasteiger partial charge in [0.15, 0.2) is 0 Å². The predicted octanol–water partition coefficient (Wildman–Crippen LogP) is 2.63. The van der Waals surface area contributed by atoms with E-state index in [1.165, 1.54) is 0 Å². The molecule has 1 saturated heterocycles. The highest BCUT2D eigenvalue weighted by atomic mass is 19.1. The van der Waals surface area contributed by atoms with Crippen LogP contribution in [0.15, 0.2) is 18.2 Å². The van der Waals surface area contributed by atoms with Crippen molar-refractivity contribution in [2.75, 3.05) is 11.9 Å². The number of benzene rings is 1. The number of nitrogens with zero attached hydrogens (tertiary/aromatic N) is 1. The van der Waals surface area contributed by atoms with Crippen LogP contribution in [0.25, 0.3) is 0 Å². The van der Waals surface area contributed by atoms with Crippen LogP contribution in [0.1, 0.15) is 25.7 Å². The lowest BCUT2D eigenvalue weighted by Crippen LogP contribution is -2.16. The lowest BCUT2D eigenvalue weighted by Gasteiger charge is -2.09. The Bertz CT molecular complexity index is 515. The zero-order valence-electron chi connectivity index (χ0n) is 10.8. The lowest BCUT2D eigenvalue weighted by molar-refractivity contribution is -0.384. The molecule has 1 amide bonds. The Morgan fingerprint density at radius 1 is 1.55 bits per heavy atom. The number of anilines is 1. The molecule has 1 aromatic carbocycles. The van der Waals surface area contributed by atoms with E-state index in [9.17, 15) is 19.3 Å². The second-order valence-electron chi connectivity index (χ2n) is 4.64. The van der Waals surface area contributed by atoms with E-state index < -0.39 is 10.7 Å². The van der Waals surface area contributed by atoms with E-state index in [0.29, 0.717) is 13.0 Å². The second kappa shape index (κ2) is 6.42. The van der Waals surface area contributed by atoms with Gasteiger partial charge in [0.05, 0.1) is 16.7 Å². The van der Waals surface area contributed by atoms with E-state index in [0.717, 1.165) is 31.0 Å². The summed E-state index contributed by atoms with van der Waals surface area (Å²) in [5.74, 6) is -1.07. The summed E-state index contributed by atoms with van der Waals surface area (Å²) in [4.78, 5) is 21.7. The molecule has 1 heterocycles. The summed E-state index contributed by atoms with van der Waals surface area (Å²) in [5, 5.41) is 13.0. The maximum Gasteiger partial charge on any atom is 0.271 e. The number of ether oxygens (including phenoxy) is 1. The highest BCUT2D eigenvalue weighted by molar-refractivity contribution is 5.91. The van der Waals surface area contributed by atoms with Gasteiger partial charge in [0.1, 0.15) is 5.82 Å². The van der Waals surface area contributed by atoms with Gasteiger partial charge in [-0.15, -0.1) is 0 Å². The molecular weight excluding hydrogens is 267 g/mol. The van der Waals surface area contributed by atoms with Crippen LogP contribution in [0.3, 0.4) is 0 Å². The molecule has 0 bridgehead atoms. The van der Waals surface area contributed by atoms with E-state index in [-0.39, 0.29) is 29.8 Å². The van der Waals surface area contributed by atoms with Crippen molar-refractivity contribution in [3.05, 3.63) is 34.1 Å². The van der Waals surface area contributed by atoms with E-state index >= 15 is 0 Å². The number of nitro groups is 1. The summed E-state index contributed by atoms with van der Waals surface area (Å²) in [6.07, 6.45) is 2.77. The lowest BCUT2D eigenvalue weighted by atomic mass is 10.1. The molecule has 1 aliphatic heterocycles. The Morgan fingerprint density at radius 3 is 3.00 bits per heavy atom. The average Bonchev–Trinajstić information content (AvgIpc) is 2.92. The summed E-state index contributed by atoms with van der Waals surface area (Å²) in [6.45, 7) is 0.714. The minimum atomic E-state index is -0.693. The summed E-state index contributed by atoms with van der Waals surface area (Å²) in [6, 6.07) is 3.03. The predicted molar refractivity (Wildman–Crippen MR) is 69.9 cm³/mol. The maximum absolute atomic E-state index is 13.5. The molecule has 1 aliphatic rings. The van der Waals surface area contributed by atoms with E-state index in [2.05, 4.69) is 5.32 Å². The van der Waals surface area contributed by atoms with Gasteiger partial charge in [0.25, 0.3) is 5.69 Å². The molecule has 0 aliphatic carbocycles. The largest absolute Gasteiger partial charge is 0.378 e. The van der Waals surface area contributed by atoms with Crippen LogP contribution in [0, 0.1) is 15.9 Å². The first-order chi connectivity index (χ1) is 9.56. The number of halogens is 1. The number of rotatable bonds is 5. The zero-order chi connectivity index (χ0) is 14.5. The first kappa shape index (κ1) is 14.4. The monoisotopic (exact) mass is 282 g/mol. The minimum Gasteiger partial charge on any atom is -0.378 e. The SMILES string of the molecule is O=C(CCC1CCCO1)Nc1cc([N+](=O)[O-])ccc1F. The fourth-order valence-electron chi connectivity index (χ4n) is 2.10. The van der Waals surface area contributed by atoms with Crippen LogP contribution in [0.4, 0.5) is 15.8 Å². The minimum absolute atomic E-state index is 0.0794. The van der Waals surface area contributed by atoms with E-state index in [1.54, 1.807) is 0 Å². The van der Waals surface area contributed by atoms with E-state index in [4.69, 9.17) is 4.74 Å². The summed E-state index contributed by atoms with van der Waals surface area (Å²) in [7, 11) is 0. The first-order valence-electron chi connectivity index (χ1n) is 6.41. The quantitative estimate of drug-likeness (QED) is 0.665. The number of hydrogen-bond donors (Lipinski definition) is 1. The molecule has 7 heteroatoms. The smallest absolute Gasteiger partial charge is 0.271 e. The van der Waals surface area contributed by atoms with Gasteiger partial charge in [-0.2, -0.15) is 0 Å². The number of carbonyl (C=O) groups excluding carboxylic acids is 1. The molecule has 0 saturated carbocycles. The molecule has 0 spiro atoms. The second-order valence-corrected chi connectivity index (χ2v) is 4.64. The summed E-state index contributed by atoms with van der Waals surface area (Å²) >= 11 is 0. The van der Waals surface area contributed by atoms with Gasteiger partial charge >= 0.3 is 0 Å². The van der Waals surface area contributed by atoms with Crippen LogP contribution in [-0.2, 0) is 9.53 Å². The Labute approximate surface area is 115 Å². The Balaban J connectivity index is 1.92. The van der Waals surface area contributed by atoms with Crippen LogP contribution in [-0.4, -0.2) is 23.5 Å². The van der Waals surface area contributed by atoms with Crippen LogP contribution < -0.4 is 5.32 Å². The molecule has 1 atom stereocenters. The van der Waals surface area contributed by atoms with Crippen molar-refractivity contribution < 1.29 is 18.8 Å². The zero-order valence-corrected chi connectivity index (χ0v) is 10.8. The van der Waals surface area contributed by atoms with Gasteiger partial charge in [-0.25, -0.2) is 4.39 Å². The van der Waals surface area contributed by atoms with Crippen molar-refractivity contribution in [3.63, 3.8) is 0 Å². The Kier molecular flexibility index (Phi) is 4.62. The molecule has 1 N–H and O–H groups in total. The number of nitrogens with one attached hydrogen (secondary N) is 1. The molecule has 1 fully saturated rings. The summed E-state index contributed by atoms with van der Waals surface area (Å²) in [5.41, 5.74) is -0.433. The van der Waals surface area contributed by atoms with Crippen LogP contribution in [0.5, 0.6) is 0 Å². The third-order valence-corrected chi connectivity index (χ3v) is 3.15. The molecule has 1 aromatic rings. The topological polar surface area (TPSA) is 81.5 Å². The van der Waals surface area contributed by atoms with Crippen LogP contribution in [0.2, 0.25) is 0 Å². The number of carbonyl (C=O) groups is 1. The number of nitro benzene ring substituents is 1. The van der Waals surface area contributed by atoms with Crippen molar-refractivity contribution in [3.8, 4) is 0 Å². The van der Waals surface area contributed by atoms with E-state index in [1.807, 2.05) is 0 Å². The van der Waals surface area contributed by atoms with Crippen molar-refractivity contribution >= 4 is 17.3 Å². The highest BCUT2D eigenvalue weighted by Crippen LogP contribution is 2.22. The van der Waals surface area contributed by atoms with Crippen molar-refractivity contribution in [2.45, 2.75) is 31.8 Å². The number of hydrogen-bond acceptors (Lipinski definition) is 4. The van der Waals surface area contributed by atoms with Gasteiger partial charge in [-0.05, 0) is 25.3 Å². The molecule has 6 nitrogen and oxygen atoms in total. The van der Waals surface area contributed by atoms with Gasteiger partial charge in [0.2, 0.25) is 5.91 Å². The molecule has 2 rings (SSSR count). The molecule has 20 heavy (non-hydrogen) atoms. The standard InChI is InChI=1S/C13H15FN2O4/c14-11-5-3-9(16(18)19)8-12(11)15-13(17)6-4-10-2-1-7-20-10/h3,5,8,10H,1-2,4,6-7H2,(H,15,17). The van der Waals surface area contributed by atoms with Crippen molar-refractivity contribution in [1.29, 1.82) is 0 Å². The molecule has 0 aromatic heterocycles. The Hall–Kier alpha value is -2.02. The Morgan fingerprint density at radius 2 is 2.35 bits per heavy atom. The maximum atomic E-state index is 13.5. The molecular formula is C13H15FN2O4. The average molecular weight is 282 g/mol. The van der Waals surface area contributed by atoms with Crippen molar-refractivity contribution in [2.24, 2.45) is 0 Å². The molecule has 0 radical (unpaired) electrons. The molecule has 108 valence electrons. The number of non-ortho nitro benzene ring substituents is 1. The highest BCUT2D eigenvalue weighted by Gasteiger charge is 2.18. The normalized spacial score (nSPS) is 17.9. The fraction of sp³-hybridized carbons (Fsp3) is 0.462. The van der Waals surface area contributed by atoms with Gasteiger partial charge in [-0.3, -0.25) is 14.9 Å². The molecule has 1 unspecified atom stereocenters. The van der Waals surface area contributed by atoms with Crippen LogP contribution >= 0.6 is 0 Å². The third kappa shape index (κ3) is 3.74. The van der Waals surface area contributed by atoms with Gasteiger partial charge in [0, 0.05) is 25.2 Å². The summed E-state index contributed by atoms with van der Waals surface area (Å²) < 4.78 is 18.9. The van der Waals surface area contributed by atoms with Crippen molar-refractivity contribution in [1.82, 2.24) is 0 Å². The number of amides is 1. The fourth-order valence-corrected chi connectivity index (χ4v) is 2.10. The van der Waals surface area contributed by atoms with Gasteiger partial charge < -0.3 is 10.1 Å². The van der Waals surface area contributed by atoms with Gasteiger partial charge in [-0.1, -0.05) is 0 Å². The first-order valence-corrected chi connectivity index (χ1v) is 6.41.